The predicted octanol–water partition coefficient (Wildman–Crippen LogP) is 4.24. The first-order valence-electron chi connectivity index (χ1n) is 9.94. The van der Waals surface area contributed by atoms with Gasteiger partial charge in [0.25, 0.3) is 5.91 Å². The number of hydrogen-bond donors (Lipinski definition) is 1. The average Bonchev–Trinajstić information content (AvgIpc) is 2.81. The molecule has 0 unspecified atom stereocenters. The number of carbonyl (C=O) groups is 2. The van der Waals surface area contributed by atoms with Gasteiger partial charge in [-0.2, -0.15) is 5.10 Å². The molecule has 0 saturated carbocycles. The van der Waals surface area contributed by atoms with E-state index in [9.17, 15) is 9.59 Å². The molecule has 3 rings (SSSR count). The third kappa shape index (κ3) is 6.78. The van der Waals surface area contributed by atoms with Gasteiger partial charge < -0.3 is 9.47 Å². The highest BCUT2D eigenvalue weighted by Gasteiger charge is 2.09. The average molecular weight is 417 g/mol. The topological polar surface area (TPSA) is 89.9 Å². The summed E-state index contributed by atoms with van der Waals surface area (Å²) in [4.78, 5) is 28.1. The Bertz CT molecular complexity index is 1020. The van der Waals surface area contributed by atoms with Gasteiger partial charge in [-0.05, 0) is 72.6 Å². The number of pyridine rings is 1. The zero-order chi connectivity index (χ0) is 21.9. The number of rotatable bonds is 9. The molecule has 0 bridgehead atoms. The first-order chi connectivity index (χ1) is 15.2. The summed E-state index contributed by atoms with van der Waals surface area (Å²) in [5.74, 6) is 0.355. The van der Waals surface area contributed by atoms with E-state index in [4.69, 9.17) is 9.47 Å². The summed E-state index contributed by atoms with van der Waals surface area (Å²) >= 11 is 0. The van der Waals surface area contributed by atoms with Gasteiger partial charge in [-0.3, -0.25) is 9.78 Å². The van der Waals surface area contributed by atoms with Crippen LogP contribution in [0.4, 0.5) is 0 Å². The number of nitrogens with zero attached hydrogens (tertiary/aromatic N) is 2. The Morgan fingerprint density at radius 3 is 2.29 bits per heavy atom. The SMILES string of the molecule is CCCCOc1ccc(C(=O)Oc2ccc(/C=N\NC(=O)c3ccncc3)cc2)cc1. The number of hydrazone groups is 1. The number of amides is 1. The molecule has 0 saturated heterocycles. The molecule has 1 heterocycles. The second-order valence-corrected chi connectivity index (χ2v) is 6.62. The lowest BCUT2D eigenvalue weighted by Crippen LogP contribution is -2.17. The normalized spacial score (nSPS) is 10.6. The molecular formula is C24H23N3O4. The summed E-state index contributed by atoms with van der Waals surface area (Å²) in [5.41, 5.74) is 4.09. The Kier molecular flexibility index (Phi) is 7.88. The number of ether oxygens (including phenoxy) is 2. The van der Waals surface area contributed by atoms with Gasteiger partial charge in [0.2, 0.25) is 0 Å². The molecule has 3 aromatic rings. The largest absolute Gasteiger partial charge is 0.494 e. The molecule has 1 amide bonds. The van der Waals surface area contributed by atoms with Gasteiger partial charge >= 0.3 is 5.97 Å². The van der Waals surface area contributed by atoms with E-state index in [1.165, 1.54) is 18.6 Å². The minimum Gasteiger partial charge on any atom is -0.494 e. The first kappa shape index (κ1) is 21.7. The van der Waals surface area contributed by atoms with E-state index in [0.717, 1.165) is 24.2 Å². The van der Waals surface area contributed by atoms with Gasteiger partial charge in [-0.15, -0.1) is 0 Å². The fourth-order valence-corrected chi connectivity index (χ4v) is 2.54. The number of esters is 1. The van der Waals surface area contributed by atoms with E-state index in [0.29, 0.717) is 23.5 Å². The first-order valence-corrected chi connectivity index (χ1v) is 9.94. The van der Waals surface area contributed by atoms with Crippen LogP contribution in [0.15, 0.2) is 78.2 Å². The van der Waals surface area contributed by atoms with E-state index in [2.05, 4.69) is 22.4 Å². The molecule has 2 aromatic carbocycles. The van der Waals surface area contributed by atoms with E-state index in [-0.39, 0.29) is 5.91 Å². The molecule has 7 nitrogen and oxygen atoms in total. The maximum Gasteiger partial charge on any atom is 0.343 e. The molecule has 1 N–H and O–H groups in total. The van der Waals surface area contributed by atoms with Crippen molar-refractivity contribution in [2.24, 2.45) is 5.10 Å². The van der Waals surface area contributed by atoms with E-state index >= 15 is 0 Å². The van der Waals surface area contributed by atoms with Gasteiger partial charge in [0, 0.05) is 18.0 Å². The van der Waals surface area contributed by atoms with Crippen LogP contribution in [0.1, 0.15) is 46.0 Å². The third-order valence-electron chi connectivity index (χ3n) is 4.27. The van der Waals surface area contributed by atoms with Crippen molar-refractivity contribution in [1.29, 1.82) is 0 Å². The number of unbranched alkanes of at least 4 members (excludes halogenated alkanes) is 1. The Morgan fingerprint density at radius 2 is 1.61 bits per heavy atom. The number of nitrogens with one attached hydrogen (secondary N) is 1. The fraction of sp³-hybridized carbons (Fsp3) is 0.167. The molecule has 31 heavy (non-hydrogen) atoms. The summed E-state index contributed by atoms with van der Waals surface area (Å²) in [6.07, 6.45) is 6.63. The van der Waals surface area contributed by atoms with Gasteiger partial charge in [-0.25, -0.2) is 10.2 Å². The molecule has 0 aliphatic rings. The summed E-state index contributed by atoms with van der Waals surface area (Å²) in [5, 5.41) is 3.93. The lowest BCUT2D eigenvalue weighted by atomic mass is 10.2. The number of carbonyl (C=O) groups excluding carboxylic acids is 2. The number of benzene rings is 2. The van der Waals surface area contributed by atoms with E-state index in [1.807, 2.05) is 0 Å². The second kappa shape index (κ2) is 11.3. The Hall–Kier alpha value is -4.00. The molecule has 7 heteroatoms. The smallest absolute Gasteiger partial charge is 0.343 e. The van der Waals surface area contributed by atoms with Crippen LogP contribution in [0.3, 0.4) is 0 Å². The molecule has 1 aromatic heterocycles. The van der Waals surface area contributed by atoms with Crippen molar-refractivity contribution in [3.05, 3.63) is 89.7 Å². The lowest BCUT2D eigenvalue weighted by molar-refractivity contribution is 0.0734. The number of hydrogen-bond acceptors (Lipinski definition) is 6. The quantitative estimate of drug-likeness (QED) is 0.185. The van der Waals surface area contributed by atoms with Gasteiger partial charge in [0.05, 0.1) is 18.4 Å². The van der Waals surface area contributed by atoms with Crippen molar-refractivity contribution < 1.29 is 19.1 Å². The summed E-state index contributed by atoms with van der Waals surface area (Å²) in [6.45, 7) is 2.76. The van der Waals surface area contributed by atoms with Crippen LogP contribution in [0.5, 0.6) is 11.5 Å². The van der Waals surface area contributed by atoms with Crippen LogP contribution in [0.25, 0.3) is 0 Å². The highest BCUT2D eigenvalue weighted by molar-refractivity contribution is 5.94. The van der Waals surface area contributed by atoms with Crippen LogP contribution in [0.2, 0.25) is 0 Å². The molecular weight excluding hydrogens is 394 g/mol. The van der Waals surface area contributed by atoms with Crippen LogP contribution < -0.4 is 14.9 Å². The second-order valence-electron chi connectivity index (χ2n) is 6.62. The summed E-state index contributed by atoms with van der Waals surface area (Å²) < 4.78 is 11.0. The van der Waals surface area contributed by atoms with Gasteiger partial charge in [0.15, 0.2) is 0 Å². The van der Waals surface area contributed by atoms with Crippen LogP contribution in [-0.4, -0.2) is 29.7 Å². The Balaban J connectivity index is 1.50. The maximum atomic E-state index is 12.3. The molecule has 0 aliphatic heterocycles. The highest BCUT2D eigenvalue weighted by atomic mass is 16.5. The minimum absolute atomic E-state index is 0.328. The standard InChI is InChI=1S/C24H23N3O4/c1-2-3-16-30-21-10-6-20(7-11-21)24(29)31-22-8-4-18(5-9-22)17-26-27-23(28)19-12-14-25-15-13-19/h4-15,17H,2-3,16H2,1H3,(H,27,28)/b26-17-. The molecule has 0 radical (unpaired) electrons. The highest BCUT2D eigenvalue weighted by Crippen LogP contribution is 2.16. The molecule has 0 spiro atoms. The minimum atomic E-state index is -0.453. The van der Waals surface area contributed by atoms with Gasteiger partial charge in [-0.1, -0.05) is 13.3 Å². The van der Waals surface area contributed by atoms with Crippen molar-refractivity contribution in [1.82, 2.24) is 10.4 Å². The maximum absolute atomic E-state index is 12.3. The summed E-state index contributed by atoms with van der Waals surface area (Å²) in [7, 11) is 0. The van der Waals surface area contributed by atoms with Gasteiger partial charge in [0.1, 0.15) is 11.5 Å². The van der Waals surface area contributed by atoms with Crippen molar-refractivity contribution in [3.63, 3.8) is 0 Å². The van der Waals surface area contributed by atoms with Crippen molar-refractivity contribution in [2.75, 3.05) is 6.61 Å². The van der Waals surface area contributed by atoms with Crippen LogP contribution in [-0.2, 0) is 0 Å². The summed E-state index contributed by atoms with van der Waals surface area (Å²) in [6, 6.07) is 16.8. The molecule has 0 aliphatic carbocycles. The van der Waals surface area contributed by atoms with Crippen LogP contribution in [0, 0.1) is 0 Å². The van der Waals surface area contributed by atoms with Crippen molar-refractivity contribution >= 4 is 18.1 Å². The Labute approximate surface area is 180 Å². The monoisotopic (exact) mass is 417 g/mol. The zero-order valence-corrected chi connectivity index (χ0v) is 17.2. The van der Waals surface area contributed by atoms with Crippen molar-refractivity contribution in [2.45, 2.75) is 19.8 Å². The van der Waals surface area contributed by atoms with Crippen molar-refractivity contribution in [3.8, 4) is 11.5 Å². The predicted molar refractivity (Wildman–Crippen MR) is 118 cm³/mol. The van der Waals surface area contributed by atoms with Crippen LogP contribution >= 0.6 is 0 Å². The number of aromatic nitrogens is 1. The molecule has 0 fully saturated rings. The Morgan fingerprint density at radius 1 is 0.935 bits per heavy atom. The lowest BCUT2D eigenvalue weighted by Gasteiger charge is -2.07. The van der Waals surface area contributed by atoms with E-state index in [1.54, 1.807) is 60.7 Å². The zero-order valence-electron chi connectivity index (χ0n) is 17.2. The van der Waals surface area contributed by atoms with E-state index < -0.39 is 5.97 Å². The molecule has 0 atom stereocenters. The molecule has 158 valence electrons. The fourth-order valence-electron chi connectivity index (χ4n) is 2.54. The third-order valence-corrected chi connectivity index (χ3v) is 4.27.